The van der Waals surface area contributed by atoms with Crippen molar-refractivity contribution in [3.05, 3.63) is 34.5 Å². The third kappa shape index (κ3) is 3.55. The maximum Gasteiger partial charge on any atom is 0.251 e. The Morgan fingerprint density at radius 1 is 1.62 bits per heavy atom. The molecule has 0 bridgehead atoms. The molecule has 0 fully saturated rings. The summed E-state index contributed by atoms with van der Waals surface area (Å²) in [6.45, 7) is 9.16. The molecular weight excluding hydrogens is 166 g/mol. The van der Waals surface area contributed by atoms with E-state index in [0.29, 0.717) is 17.2 Å². The smallest absolute Gasteiger partial charge is 0.251 e. The molecule has 0 aliphatic rings. The molecule has 0 radical (unpaired) electrons. The molecule has 0 amide bonds. The molecule has 1 aromatic heterocycles. The van der Waals surface area contributed by atoms with Gasteiger partial charge < -0.3 is 10.7 Å². The summed E-state index contributed by atoms with van der Waals surface area (Å²) in [5.74, 6) is 0.541. The van der Waals surface area contributed by atoms with Crippen LogP contribution < -0.4 is 11.3 Å². The monoisotopic (exact) mass is 181 g/mol. The molecule has 0 unspecified atom stereocenters. The summed E-state index contributed by atoms with van der Waals surface area (Å²) in [4.78, 5) is 17.3. The second-order valence-corrected chi connectivity index (χ2v) is 2.24. The molecule has 13 heavy (non-hydrogen) atoms. The highest BCUT2D eigenvalue weighted by Crippen LogP contribution is 1.97. The third-order valence-electron chi connectivity index (χ3n) is 1.19. The van der Waals surface area contributed by atoms with Crippen molar-refractivity contribution in [2.45, 2.75) is 20.8 Å². The summed E-state index contributed by atoms with van der Waals surface area (Å²) in [5, 5.41) is 0. The van der Waals surface area contributed by atoms with Crippen LogP contribution in [0.4, 0.5) is 0 Å². The second-order valence-electron chi connectivity index (χ2n) is 2.24. The van der Waals surface area contributed by atoms with E-state index in [9.17, 15) is 4.79 Å². The number of aromatic amines is 1. The van der Waals surface area contributed by atoms with Gasteiger partial charge in [-0.05, 0) is 6.92 Å². The highest BCUT2D eigenvalue weighted by atomic mass is 16.1. The Bertz CT molecular complexity index is 341. The van der Waals surface area contributed by atoms with Crippen molar-refractivity contribution in [3.63, 3.8) is 0 Å². The number of H-pyrrole nitrogens is 1. The minimum absolute atomic E-state index is 0.209. The van der Waals surface area contributed by atoms with Crippen molar-refractivity contribution in [1.82, 2.24) is 9.97 Å². The lowest BCUT2D eigenvalue weighted by molar-refractivity contribution is 1.00. The van der Waals surface area contributed by atoms with E-state index in [1.54, 1.807) is 6.92 Å². The molecule has 1 heterocycles. The largest absolute Gasteiger partial charge is 0.397 e. The molecule has 0 saturated carbocycles. The fraction of sp³-hybridized carbons (Fsp3) is 0.333. The number of aromatic nitrogens is 2. The highest BCUT2D eigenvalue weighted by Gasteiger charge is 1.97. The number of hydrogen-bond acceptors (Lipinski definition) is 3. The quantitative estimate of drug-likeness (QED) is 0.679. The van der Waals surface area contributed by atoms with Crippen LogP contribution in [0.15, 0.2) is 17.4 Å². The van der Waals surface area contributed by atoms with Crippen LogP contribution in [0.25, 0.3) is 5.70 Å². The van der Waals surface area contributed by atoms with Gasteiger partial charge in [-0.3, -0.25) is 4.79 Å². The molecule has 0 spiro atoms. The van der Waals surface area contributed by atoms with Gasteiger partial charge in [-0.1, -0.05) is 20.4 Å². The maximum atomic E-state index is 10.8. The first kappa shape index (κ1) is 11.4. The number of aryl methyl sites for hydroxylation is 1. The van der Waals surface area contributed by atoms with E-state index >= 15 is 0 Å². The molecule has 4 heteroatoms. The maximum absolute atomic E-state index is 10.8. The molecule has 0 aliphatic heterocycles. The standard InChI is InChI=1S/C7H9N3O.C2H6/c1-4(8)6-3-7(11)10-5(2)9-6;1-2/h3H,1,8H2,2H3,(H,9,10,11);1-2H3. The van der Waals surface area contributed by atoms with Gasteiger partial charge in [0.2, 0.25) is 0 Å². The van der Waals surface area contributed by atoms with Gasteiger partial charge in [-0.25, -0.2) is 4.98 Å². The Labute approximate surface area is 77.5 Å². The van der Waals surface area contributed by atoms with Gasteiger partial charge in [0.25, 0.3) is 5.56 Å². The molecule has 1 aromatic rings. The third-order valence-corrected chi connectivity index (χ3v) is 1.19. The number of rotatable bonds is 1. The molecule has 0 aromatic carbocycles. The number of hydrogen-bond donors (Lipinski definition) is 2. The second kappa shape index (κ2) is 5.13. The molecule has 0 atom stereocenters. The molecular formula is C9H15N3O. The van der Waals surface area contributed by atoms with Crippen LogP contribution in [0.1, 0.15) is 25.4 Å². The topological polar surface area (TPSA) is 71.8 Å². The molecule has 1 rings (SSSR count). The van der Waals surface area contributed by atoms with Gasteiger partial charge in [0.05, 0.1) is 11.4 Å². The van der Waals surface area contributed by atoms with Gasteiger partial charge in [0.1, 0.15) is 5.82 Å². The Morgan fingerprint density at radius 3 is 2.54 bits per heavy atom. The molecule has 72 valence electrons. The summed E-state index contributed by atoms with van der Waals surface area (Å²) in [7, 11) is 0. The van der Waals surface area contributed by atoms with Crippen molar-refractivity contribution >= 4 is 5.70 Å². The van der Waals surface area contributed by atoms with Crippen molar-refractivity contribution in [2.75, 3.05) is 0 Å². The average molecular weight is 181 g/mol. The van der Waals surface area contributed by atoms with E-state index in [2.05, 4.69) is 16.5 Å². The average Bonchev–Trinajstić information content (AvgIpc) is 2.06. The van der Waals surface area contributed by atoms with Gasteiger partial charge in [0.15, 0.2) is 0 Å². The van der Waals surface area contributed by atoms with Crippen LogP contribution in [0.5, 0.6) is 0 Å². The summed E-state index contributed by atoms with van der Waals surface area (Å²) in [5.41, 5.74) is 5.87. The molecule has 0 saturated heterocycles. The zero-order valence-electron chi connectivity index (χ0n) is 8.22. The van der Waals surface area contributed by atoms with E-state index in [1.165, 1.54) is 6.07 Å². The zero-order chi connectivity index (χ0) is 10.4. The summed E-state index contributed by atoms with van der Waals surface area (Å²) in [6, 6.07) is 1.31. The predicted molar refractivity (Wildman–Crippen MR) is 54.2 cm³/mol. The van der Waals surface area contributed by atoms with E-state index in [-0.39, 0.29) is 5.56 Å². The van der Waals surface area contributed by atoms with Crippen molar-refractivity contribution < 1.29 is 0 Å². The lowest BCUT2D eigenvalue weighted by Gasteiger charge is -1.97. The summed E-state index contributed by atoms with van der Waals surface area (Å²) >= 11 is 0. The van der Waals surface area contributed by atoms with E-state index in [4.69, 9.17) is 5.73 Å². The van der Waals surface area contributed by atoms with E-state index < -0.39 is 0 Å². The van der Waals surface area contributed by atoms with Gasteiger partial charge in [-0.15, -0.1) is 0 Å². The summed E-state index contributed by atoms with van der Waals surface area (Å²) in [6.07, 6.45) is 0. The van der Waals surface area contributed by atoms with Crippen LogP contribution in [-0.2, 0) is 0 Å². The molecule has 0 aliphatic carbocycles. The predicted octanol–water partition coefficient (Wildman–Crippen LogP) is 1.03. The van der Waals surface area contributed by atoms with Crippen molar-refractivity contribution in [2.24, 2.45) is 5.73 Å². The van der Waals surface area contributed by atoms with Crippen LogP contribution in [0.2, 0.25) is 0 Å². The lowest BCUT2D eigenvalue weighted by Crippen LogP contribution is -2.11. The van der Waals surface area contributed by atoms with Gasteiger partial charge >= 0.3 is 0 Å². The number of nitrogens with two attached hydrogens (primary N) is 1. The fourth-order valence-electron chi connectivity index (χ4n) is 0.744. The van der Waals surface area contributed by atoms with Crippen LogP contribution >= 0.6 is 0 Å². The normalized spacial score (nSPS) is 8.54. The zero-order valence-corrected chi connectivity index (χ0v) is 8.22. The molecule has 4 nitrogen and oxygen atoms in total. The number of nitrogens with zero attached hydrogens (tertiary/aromatic N) is 1. The first-order valence-corrected chi connectivity index (χ1v) is 4.12. The minimum Gasteiger partial charge on any atom is -0.397 e. The van der Waals surface area contributed by atoms with Crippen molar-refractivity contribution in [3.8, 4) is 0 Å². The van der Waals surface area contributed by atoms with E-state index in [0.717, 1.165) is 0 Å². The Hall–Kier alpha value is -1.58. The Morgan fingerprint density at radius 2 is 2.15 bits per heavy atom. The Balaban J connectivity index is 0.000000671. The Kier molecular flexibility index (Phi) is 4.51. The van der Waals surface area contributed by atoms with Gasteiger partial charge in [-0.2, -0.15) is 0 Å². The van der Waals surface area contributed by atoms with Gasteiger partial charge in [0, 0.05) is 6.07 Å². The van der Waals surface area contributed by atoms with Crippen LogP contribution in [0, 0.1) is 6.92 Å². The lowest BCUT2D eigenvalue weighted by atomic mass is 10.3. The summed E-state index contributed by atoms with van der Waals surface area (Å²) < 4.78 is 0. The SMILES string of the molecule is C=C(N)c1cc(=O)[nH]c(C)n1.CC. The van der Waals surface area contributed by atoms with Crippen LogP contribution in [0.3, 0.4) is 0 Å². The van der Waals surface area contributed by atoms with Crippen LogP contribution in [-0.4, -0.2) is 9.97 Å². The molecule has 3 N–H and O–H groups in total. The minimum atomic E-state index is -0.209. The highest BCUT2D eigenvalue weighted by molar-refractivity contribution is 5.55. The first-order chi connectivity index (χ1) is 6.09. The van der Waals surface area contributed by atoms with E-state index in [1.807, 2.05) is 13.8 Å². The van der Waals surface area contributed by atoms with Crippen molar-refractivity contribution in [1.29, 1.82) is 0 Å². The first-order valence-electron chi connectivity index (χ1n) is 4.12. The number of nitrogens with one attached hydrogen (secondary N) is 1. The fourth-order valence-corrected chi connectivity index (χ4v) is 0.744.